The molecule has 1 amide bonds. The van der Waals surface area contributed by atoms with Crippen LogP contribution >= 0.6 is 0 Å². The number of aromatic amines is 1. The summed E-state index contributed by atoms with van der Waals surface area (Å²) in [5.74, 6) is 0.995. The van der Waals surface area contributed by atoms with E-state index in [0.717, 1.165) is 18.0 Å². The lowest BCUT2D eigenvalue weighted by Gasteiger charge is -2.25. The zero-order valence-electron chi connectivity index (χ0n) is 14.0. The lowest BCUT2D eigenvalue weighted by Crippen LogP contribution is -2.40. The van der Waals surface area contributed by atoms with Gasteiger partial charge < -0.3 is 10.3 Å². The van der Waals surface area contributed by atoms with Crippen molar-refractivity contribution in [3.05, 3.63) is 35.0 Å². The molecule has 2 heterocycles. The summed E-state index contributed by atoms with van der Waals surface area (Å²) in [6.45, 7) is 6.53. The molecule has 2 bridgehead atoms. The highest BCUT2D eigenvalue weighted by molar-refractivity contribution is 5.85. The Morgan fingerprint density at radius 2 is 2.22 bits per heavy atom. The van der Waals surface area contributed by atoms with E-state index in [0.29, 0.717) is 19.1 Å². The van der Waals surface area contributed by atoms with Crippen LogP contribution in [0.15, 0.2) is 18.2 Å². The summed E-state index contributed by atoms with van der Waals surface area (Å²) < 4.78 is 0. The number of hydrogen-bond acceptors (Lipinski definition) is 2. The zero-order valence-corrected chi connectivity index (χ0v) is 14.0. The van der Waals surface area contributed by atoms with Crippen LogP contribution in [-0.2, 0) is 11.3 Å². The molecule has 122 valence electrons. The van der Waals surface area contributed by atoms with E-state index in [1.54, 1.807) is 0 Å². The zero-order chi connectivity index (χ0) is 16.0. The molecule has 2 aromatic rings. The Bertz CT molecular complexity index is 748. The third-order valence-electron chi connectivity index (χ3n) is 5.73. The molecule has 0 radical (unpaired) electrons. The SMILES string of the molecule is Cc1[nH]c2ccc(CNC(=O)CN3C[C@H]4CC[C@@H]3C4)cc2c1C. The van der Waals surface area contributed by atoms with Gasteiger partial charge in [-0.2, -0.15) is 0 Å². The number of fused-ring (bicyclic) bond motifs is 3. The van der Waals surface area contributed by atoms with Crippen molar-refractivity contribution >= 4 is 16.8 Å². The van der Waals surface area contributed by atoms with Crippen LogP contribution in [-0.4, -0.2) is 34.9 Å². The van der Waals surface area contributed by atoms with Crippen LogP contribution < -0.4 is 5.32 Å². The van der Waals surface area contributed by atoms with Gasteiger partial charge in [0.15, 0.2) is 0 Å². The van der Waals surface area contributed by atoms with Gasteiger partial charge in [0.05, 0.1) is 6.54 Å². The monoisotopic (exact) mass is 311 g/mol. The minimum absolute atomic E-state index is 0.152. The number of nitrogens with zero attached hydrogens (tertiary/aromatic N) is 1. The summed E-state index contributed by atoms with van der Waals surface area (Å²) in [7, 11) is 0. The summed E-state index contributed by atoms with van der Waals surface area (Å²) in [6.07, 6.45) is 3.94. The number of hydrogen-bond donors (Lipinski definition) is 2. The van der Waals surface area contributed by atoms with Crippen LogP contribution in [0.4, 0.5) is 0 Å². The molecular formula is C19H25N3O. The molecule has 1 aliphatic carbocycles. The van der Waals surface area contributed by atoms with Crippen LogP contribution in [0.2, 0.25) is 0 Å². The van der Waals surface area contributed by atoms with Crippen molar-refractivity contribution in [3.8, 4) is 0 Å². The molecule has 4 rings (SSSR count). The Morgan fingerprint density at radius 3 is 2.96 bits per heavy atom. The number of piperidine rings is 1. The minimum atomic E-state index is 0.152. The Morgan fingerprint density at radius 1 is 1.35 bits per heavy atom. The van der Waals surface area contributed by atoms with Gasteiger partial charge in [0.1, 0.15) is 0 Å². The predicted octanol–water partition coefficient (Wildman–Crippen LogP) is 2.89. The largest absolute Gasteiger partial charge is 0.358 e. The summed E-state index contributed by atoms with van der Waals surface area (Å²) in [5.41, 5.74) is 4.84. The second-order valence-corrected chi connectivity index (χ2v) is 7.29. The van der Waals surface area contributed by atoms with Crippen molar-refractivity contribution in [1.82, 2.24) is 15.2 Å². The summed E-state index contributed by atoms with van der Waals surface area (Å²) in [4.78, 5) is 18.0. The quantitative estimate of drug-likeness (QED) is 0.912. The van der Waals surface area contributed by atoms with E-state index >= 15 is 0 Å². The number of nitrogens with one attached hydrogen (secondary N) is 2. The van der Waals surface area contributed by atoms with E-state index < -0.39 is 0 Å². The second-order valence-electron chi connectivity index (χ2n) is 7.29. The number of amides is 1. The normalized spacial score (nSPS) is 23.7. The molecule has 1 aliphatic heterocycles. The topological polar surface area (TPSA) is 48.1 Å². The fourth-order valence-electron chi connectivity index (χ4n) is 4.28. The van der Waals surface area contributed by atoms with E-state index in [2.05, 4.69) is 47.2 Å². The third-order valence-corrected chi connectivity index (χ3v) is 5.73. The van der Waals surface area contributed by atoms with Gasteiger partial charge in [-0.1, -0.05) is 6.07 Å². The molecule has 0 spiro atoms. The molecule has 2 fully saturated rings. The number of aromatic nitrogens is 1. The lowest BCUT2D eigenvalue weighted by molar-refractivity contribution is -0.122. The Labute approximate surface area is 137 Å². The number of carbonyl (C=O) groups excluding carboxylic acids is 1. The van der Waals surface area contributed by atoms with Crippen LogP contribution in [0.5, 0.6) is 0 Å². The molecule has 23 heavy (non-hydrogen) atoms. The van der Waals surface area contributed by atoms with Crippen molar-refractivity contribution in [2.75, 3.05) is 13.1 Å². The minimum Gasteiger partial charge on any atom is -0.358 e. The number of rotatable bonds is 4. The summed E-state index contributed by atoms with van der Waals surface area (Å²) in [5, 5.41) is 4.34. The Kier molecular flexibility index (Phi) is 3.64. The molecule has 4 heteroatoms. The highest BCUT2D eigenvalue weighted by Gasteiger charge is 2.38. The smallest absolute Gasteiger partial charge is 0.234 e. The standard InChI is InChI=1S/C19H25N3O/c1-12-13(2)21-18-6-4-14(8-17(12)18)9-20-19(23)11-22-10-15-3-5-16(22)7-15/h4,6,8,15-16,21H,3,5,7,9-11H2,1-2H3,(H,20,23)/t15-,16+/m0/s1. The first kappa shape index (κ1) is 14.8. The molecule has 2 N–H and O–H groups in total. The highest BCUT2D eigenvalue weighted by atomic mass is 16.2. The van der Waals surface area contributed by atoms with E-state index in [1.165, 1.54) is 41.4 Å². The summed E-state index contributed by atoms with van der Waals surface area (Å²) in [6, 6.07) is 7.05. The average Bonchev–Trinajstić information content (AvgIpc) is 3.22. The van der Waals surface area contributed by atoms with E-state index in [9.17, 15) is 4.79 Å². The number of aryl methyl sites for hydroxylation is 2. The second kappa shape index (κ2) is 5.68. The number of H-pyrrole nitrogens is 1. The van der Waals surface area contributed by atoms with E-state index in [4.69, 9.17) is 0 Å². The molecular weight excluding hydrogens is 286 g/mol. The van der Waals surface area contributed by atoms with E-state index in [1.807, 2.05) is 0 Å². The summed E-state index contributed by atoms with van der Waals surface area (Å²) >= 11 is 0. The maximum Gasteiger partial charge on any atom is 0.234 e. The Hall–Kier alpha value is -1.81. The average molecular weight is 311 g/mol. The molecule has 2 atom stereocenters. The molecule has 4 nitrogen and oxygen atoms in total. The Balaban J connectivity index is 1.37. The van der Waals surface area contributed by atoms with Gasteiger partial charge in [-0.05, 0) is 62.3 Å². The fourth-order valence-corrected chi connectivity index (χ4v) is 4.28. The number of benzene rings is 1. The molecule has 1 saturated carbocycles. The maximum absolute atomic E-state index is 12.2. The van der Waals surface area contributed by atoms with Gasteiger partial charge in [0, 0.05) is 35.7 Å². The molecule has 0 unspecified atom stereocenters. The first-order valence-electron chi connectivity index (χ1n) is 8.68. The first-order valence-corrected chi connectivity index (χ1v) is 8.68. The molecule has 1 aromatic heterocycles. The van der Waals surface area contributed by atoms with Crippen LogP contribution in [0.3, 0.4) is 0 Å². The van der Waals surface area contributed by atoms with Gasteiger partial charge in [-0.15, -0.1) is 0 Å². The van der Waals surface area contributed by atoms with Gasteiger partial charge in [0.25, 0.3) is 0 Å². The number of likely N-dealkylation sites (tertiary alicyclic amines) is 1. The molecule has 1 saturated heterocycles. The van der Waals surface area contributed by atoms with Crippen molar-refractivity contribution in [3.63, 3.8) is 0 Å². The molecule has 1 aromatic carbocycles. The van der Waals surface area contributed by atoms with Crippen molar-refractivity contribution in [2.24, 2.45) is 5.92 Å². The number of carbonyl (C=O) groups is 1. The van der Waals surface area contributed by atoms with Crippen molar-refractivity contribution in [2.45, 2.75) is 45.7 Å². The van der Waals surface area contributed by atoms with Crippen LogP contribution in [0, 0.1) is 19.8 Å². The third kappa shape index (κ3) is 2.76. The van der Waals surface area contributed by atoms with E-state index in [-0.39, 0.29) is 5.91 Å². The van der Waals surface area contributed by atoms with Gasteiger partial charge in [0.2, 0.25) is 5.91 Å². The first-order chi connectivity index (χ1) is 11.1. The van der Waals surface area contributed by atoms with Crippen molar-refractivity contribution in [1.29, 1.82) is 0 Å². The molecule has 2 aliphatic rings. The van der Waals surface area contributed by atoms with Gasteiger partial charge in [-0.25, -0.2) is 0 Å². The highest BCUT2D eigenvalue weighted by Crippen LogP contribution is 2.36. The van der Waals surface area contributed by atoms with Crippen LogP contribution in [0.1, 0.15) is 36.1 Å². The van der Waals surface area contributed by atoms with Crippen molar-refractivity contribution < 1.29 is 4.79 Å². The fraction of sp³-hybridized carbons (Fsp3) is 0.526. The van der Waals surface area contributed by atoms with Gasteiger partial charge >= 0.3 is 0 Å². The maximum atomic E-state index is 12.2. The van der Waals surface area contributed by atoms with Gasteiger partial charge in [-0.3, -0.25) is 9.69 Å². The lowest BCUT2D eigenvalue weighted by atomic mass is 10.1. The predicted molar refractivity (Wildman–Crippen MR) is 92.3 cm³/mol. The van der Waals surface area contributed by atoms with Crippen LogP contribution in [0.25, 0.3) is 10.9 Å².